The highest BCUT2D eigenvalue weighted by Gasteiger charge is 2.18. The third kappa shape index (κ3) is 5.09. The number of nitro groups is 1. The summed E-state index contributed by atoms with van der Waals surface area (Å²) in [4.78, 5) is 22.5. The summed E-state index contributed by atoms with van der Waals surface area (Å²) in [6, 6.07) is 11.0. The van der Waals surface area contributed by atoms with E-state index in [0.717, 1.165) is 5.56 Å². The number of nitro benzene ring substituents is 1. The number of nitrogens with one attached hydrogen (secondary N) is 1. The standard InChI is InChI=1S/C17H17ClN2O5/c1-11(12-4-3-5-13(18)8-12)19-17(21)10-25-16-7-6-14(24-2)9-15(16)20(22)23/h3-9,11H,10H2,1-2H3,(H,19,21)/t11-/m0/s1. The molecule has 1 N–H and O–H groups in total. The molecule has 7 nitrogen and oxygen atoms in total. The number of halogens is 1. The lowest BCUT2D eigenvalue weighted by Crippen LogP contribution is -2.31. The summed E-state index contributed by atoms with van der Waals surface area (Å²) in [6.07, 6.45) is 0. The Morgan fingerprint density at radius 1 is 1.32 bits per heavy atom. The van der Waals surface area contributed by atoms with Crippen LogP contribution in [0.3, 0.4) is 0 Å². The van der Waals surface area contributed by atoms with Crippen LogP contribution in [0, 0.1) is 10.1 Å². The molecule has 132 valence electrons. The number of carbonyl (C=O) groups excluding carboxylic acids is 1. The molecule has 1 atom stereocenters. The topological polar surface area (TPSA) is 90.7 Å². The number of amides is 1. The maximum absolute atomic E-state index is 12.0. The molecule has 0 aromatic heterocycles. The Labute approximate surface area is 149 Å². The summed E-state index contributed by atoms with van der Waals surface area (Å²) < 4.78 is 10.2. The van der Waals surface area contributed by atoms with Crippen molar-refractivity contribution < 1.29 is 19.2 Å². The van der Waals surface area contributed by atoms with Crippen LogP contribution in [0.25, 0.3) is 0 Å². The van der Waals surface area contributed by atoms with E-state index in [0.29, 0.717) is 10.8 Å². The number of benzene rings is 2. The van der Waals surface area contributed by atoms with Gasteiger partial charge in [-0.05, 0) is 36.8 Å². The maximum Gasteiger partial charge on any atom is 0.314 e. The van der Waals surface area contributed by atoms with E-state index in [2.05, 4.69) is 5.32 Å². The van der Waals surface area contributed by atoms with Gasteiger partial charge in [-0.1, -0.05) is 23.7 Å². The third-order valence-electron chi connectivity index (χ3n) is 3.45. The number of methoxy groups -OCH3 is 1. The van der Waals surface area contributed by atoms with Gasteiger partial charge >= 0.3 is 5.69 Å². The predicted octanol–water partition coefficient (Wildman–Crippen LogP) is 3.51. The van der Waals surface area contributed by atoms with Crippen LogP contribution in [0.2, 0.25) is 5.02 Å². The molecule has 0 saturated carbocycles. The second-order valence-electron chi connectivity index (χ2n) is 5.22. The first-order valence-electron chi connectivity index (χ1n) is 7.40. The Hall–Kier alpha value is -2.80. The Morgan fingerprint density at radius 2 is 2.08 bits per heavy atom. The normalized spacial score (nSPS) is 11.5. The second-order valence-corrected chi connectivity index (χ2v) is 5.66. The van der Waals surface area contributed by atoms with Crippen molar-refractivity contribution >= 4 is 23.2 Å². The zero-order chi connectivity index (χ0) is 18.4. The second kappa shape index (κ2) is 8.34. The summed E-state index contributed by atoms with van der Waals surface area (Å²) in [5, 5.41) is 14.4. The number of hydrogen-bond acceptors (Lipinski definition) is 5. The van der Waals surface area contributed by atoms with Gasteiger partial charge in [0.25, 0.3) is 5.91 Å². The molecular formula is C17H17ClN2O5. The highest BCUT2D eigenvalue weighted by molar-refractivity contribution is 6.30. The molecular weight excluding hydrogens is 348 g/mol. The minimum Gasteiger partial charge on any atom is -0.496 e. The first-order chi connectivity index (χ1) is 11.9. The minimum atomic E-state index is -0.593. The maximum atomic E-state index is 12.0. The van der Waals surface area contributed by atoms with Gasteiger partial charge in [0.1, 0.15) is 5.75 Å². The molecule has 8 heteroatoms. The van der Waals surface area contributed by atoms with Gasteiger partial charge in [-0.15, -0.1) is 0 Å². The number of rotatable bonds is 7. The van der Waals surface area contributed by atoms with E-state index < -0.39 is 10.8 Å². The van der Waals surface area contributed by atoms with Crippen molar-refractivity contribution in [2.75, 3.05) is 13.7 Å². The Balaban J connectivity index is 1.99. The fourth-order valence-corrected chi connectivity index (χ4v) is 2.37. The molecule has 0 spiro atoms. The van der Waals surface area contributed by atoms with Gasteiger partial charge in [0, 0.05) is 5.02 Å². The van der Waals surface area contributed by atoms with Crippen molar-refractivity contribution in [1.82, 2.24) is 5.32 Å². The van der Waals surface area contributed by atoms with E-state index in [1.165, 1.54) is 25.3 Å². The highest BCUT2D eigenvalue weighted by Crippen LogP contribution is 2.30. The SMILES string of the molecule is COc1ccc(OCC(=O)N[C@@H](C)c2cccc(Cl)c2)c([N+](=O)[O-])c1. The molecule has 25 heavy (non-hydrogen) atoms. The zero-order valence-electron chi connectivity index (χ0n) is 13.7. The first-order valence-corrected chi connectivity index (χ1v) is 7.78. The van der Waals surface area contributed by atoms with Crippen LogP contribution in [0.15, 0.2) is 42.5 Å². The molecule has 0 radical (unpaired) electrons. The van der Waals surface area contributed by atoms with Crippen LogP contribution in [0.1, 0.15) is 18.5 Å². The van der Waals surface area contributed by atoms with Crippen LogP contribution in [0.5, 0.6) is 11.5 Å². The van der Waals surface area contributed by atoms with E-state index >= 15 is 0 Å². The van der Waals surface area contributed by atoms with E-state index in [4.69, 9.17) is 21.1 Å². The van der Waals surface area contributed by atoms with E-state index in [-0.39, 0.29) is 24.1 Å². The molecule has 0 aliphatic rings. The van der Waals surface area contributed by atoms with Crippen molar-refractivity contribution in [2.45, 2.75) is 13.0 Å². The zero-order valence-corrected chi connectivity index (χ0v) is 14.4. The van der Waals surface area contributed by atoms with Crippen LogP contribution in [-0.4, -0.2) is 24.5 Å². The minimum absolute atomic E-state index is 0.00337. The molecule has 0 saturated heterocycles. The van der Waals surface area contributed by atoms with Crippen LogP contribution < -0.4 is 14.8 Å². The van der Waals surface area contributed by atoms with Gasteiger partial charge < -0.3 is 14.8 Å². The molecule has 2 aromatic carbocycles. The Bertz CT molecular complexity index is 781. The van der Waals surface area contributed by atoms with Crippen LogP contribution in [-0.2, 0) is 4.79 Å². The number of carbonyl (C=O) groups is 1. The molecule has 0 aliphatic carbocycles. The van der Waals surface area contributed by atoms with Crippen LogP contribution in [0.4, 0.5) is 5.69 Å². The summed E-state index contributed by atoms with van der Waals surface area (Å²) in [7, 11) is 1.41. The summed E-state index contributed by atoms with van der Waals surface area (Å²) in [6.45, 7) is 1.46. The largest absolute Gasteiger partial charge is 0.496 e. The number of nitrogens with zero attached hydrogens (tertiary/aromatic N) is 1. The van der Waals surface area contributed by atoms with Gasteiger partial charge in [-0.2, -0.15) is 0 Å². The Morgan fingerprint density at radius 3 is 2.72 bits per heavy atom. The number of hydrogen-bond donors (Lipinski definition) is 1. The molecule has 2 aromatic rings. The highest BCUT2D eigenvalue weighted by atomic mass is 35.5. The smallest absolute Gasteiger partial charge is 0.314 e. The summed E-state index contributed by atoms with van der Waals surface area (Å²) >= 11 is 5.93. The molecule has 0 heterocycles. The lowest BCUT2D eigenvalue weighted by molar-refractivity contribution is -0.385. The van der Waals surface area contributed by atoms with Gasteiger partial charge in [0.2, 0.25) is 0 Å². The lowest BCUT2D eigenvalue weighted by atomic mass is 10.1. The summed E-state index contributed by atoms with van der Waals surface area (Å²) in [5.41, 5.74) is 0.575. The molecule has 0 aliphatic heterocycles. The van der Waals surface area contributed by atoms with E-state index in [9.17, 15) is 14.9 Å². The third-order valence-corrected chi connectivity index (χ3v) is 3.68. The van der Waals surface area contributed by atoms with Gasteiger partial charge in [-0.3, -0.25) is 14.9 Å². The molecule has 0 bridgehead atoms. The molecule has 1 amide bonds. The average Bonchev–Trinajstić information content (AvgIpc) is 2.59. The average molecular weight is 365 g/mol. The van der Waals surface area contributed by atoms with Gasteiger partial charge in [-0.25, -0.2) is 0 Å². The van der Waals surface area contributed by atoms with Gasteiger partial charge in [0.05, 0.1) is 24.1 Å². The molecule has 0 unspecified atom stereocenters. The Kier molecular flexibility index (Phi) is 6.19. The molecule has 2 rings (SSSR count). The van der Waals surface area contributed by atoms with E-state index in [1.54, 1.807) is 25.1 Å². The van der Waals surface area contributed by atoms with Gasteiger partial charge in [0.15, 0.2) is 12.4 Å². The van der Waals surface area contributed by atoms with E-state index in [1.807, 2.05) is 6.07 Å². The quantitative estimate of drug-likeness (QED) is 0.599. The first kappa shape index (κ1) is 18.5. The fourth-order valence-electron chi connectivity index (χ4n) is 2.17. The molecule has 0 fully saturated rings. The lowest BCUT2D eigenvalue weighted by Gasteiger charge is -2.15. The van der Waals surface area contributed by atoms with Crippen molar-refractivity contribution in [3.05, 3.63) is 63.2 Å². The monoisotopic (exact) mass is 364 g/mol. The fraction of sp³-hybridized carbons (Fsp3) is 0.235. The number of ether oxygens (including phenoxy) is 2. The predicted molar refractivity (Wildman–Crippen MR) is 93.2 cm³/mol. The van der Waals surface area contributed by atoms with Crippen molar-refractivity contribution in [1.29, 1.82) is 0 Å². The summed E-state index contributed by atoms with van der Waals surface area (Å²) in [5.74, 6) is -0.0768. The van der Waals surface area contributed by atoms with Crippen molar-refractivity contribution in [3.8, 4) is 11.5 Å². The van der Waals surface area contributed by atoms with Crippen molar-refractivity contribution in [3.63, 3.8) is 0 Å². The van der Waals surface area contributed by atoms with Crippen molar-refractivity contribution in [2.24, 2.45) is 0 Å². The van der Waals surface area contributed by atoms with Crippen LogP contribution >= 0.6 is 11.6 Å².